The Morgan fingerprint density at radius 1 is 0.839 bits per heavy atom. The zero-order chi connectivity index (χ0) is 21.4. The molecule has 0 unspecified atom stereocenters. The van der Waals surface area contributed by atoms with Gasteiger partial charge in [0.2, 0.25) is 5.89 Å². The van der Waals surface area contributed by atoms with E-state index in [0.29, 0.717) is 17.4 Å². The van der Waals surface area contributed by atoms with E-state index in [-0.39, 0.29) is 5.82 Å². The summed E-state index contributed by atoms with van der Waals surface area (Å²) < 4.78 is 24.9. The standard InChI is InChI=1S/C26H19FN2O2/c1-16-12-23-25(13-17(16)2)31-26(29-23)19-4-3-5-21(14-19)28-15-22-10-11-24(30-22)18-6-8-20(27)9-7-18/h3-15H,1-2H3. The van der Waals surface area contributed by atoms with Gasteiger partial charge >= 0.3 is 0 Å². The number of benzene rings is 3. The first kappa shape index (κ1) is 19.0. The molecule has 2 aromatic heterocycles. The van der Waals surface area contributed by atoms with Crippen LogP contribution in [0.4, 0.5) is 10.1 Å². The van der Waals surface area contributed by atoms with E-state index < -0.39 is 0 Å². The van der Waals surface area contributed by atoms with Crippen LogP contribution in [-0.4, -0.2) is 11.2 Å². The number of aryl methyl sites for hydroxylation is 2. The minimum absolute atomic E-state index is 0.277. The van der Waals surface area contributed by atoms with Gasteiger partial charge in [0.05, 0.1) is 11.9 Å². The summed E-state index contributed by atoms with van der Waals surface area (Å²) in [5.41, 5.74) is 6.40. The number of hydrogen-bond acceptors (Lipinski definition) is 4. The molecule has 0 fully saturated rings. The van der Waals surface area contributed by atoms with Crippen molar-refractivity contribution in [2.45, 2.75) is 13.8 Å². The largest absolute Gasteiger partial charge is 0.455 e. The Kier molecular flexibility index (Phi) is 4.71. The van der Waals surface area contributed by atoms with Crippen molar-refractivity contribution >= 4 is 23.0 Å². The maximum atomic E-state index is 13.1. The molecule has 0 aliphatic heterocycles. The number of nitrogens with zero attached hydrogens (tertiary/aromatic N) is 2. The first-order valence-corrected chi connectivity index (χ1v) is 9.93. The monoisotopic (exact) mass is 410 g/mol. The van der Waals surface area contributed by atoms with Gasteiger partial charge in [-0.15, -0.1) is 0 Å². The molecule has 0 amide bonds. The van der Waals surface area contributed by atoms with Crippen LogP contribution in [0, 0.1) is 19.7 Å². The van der Waals surface area contributed by atoms with Gasteiger partial charge in [-0.05, 0) is 91.7 Å². The molecule has 0 spiro atoms. The summed E-state index contributed by atoms with van der Waals surface area (Å²) >= 11 is 0. The number of hydrogen-bond donors (Lipinski definition) is 0. The third-order valence-corrected chi connectivity index (χ3v) is 5.19. The van der Waals surface area contributed by atoms with Gasteiger partial charge in [0.25, 0.3) is 0 Å². The molecule has 0 saturated heterocycles. The zero-order valence-corrected chi connectivity index (χ0v) is 17.1. The van der Waals surface area contributed by atoms with Crippen molar-refractivity contribution in [3.8, 4) is 22.8 Å². The van der Waals surface area contributed by atoms with Crippen LogP contribution in [0.1, 0.15) is 16.9 Å². The second-order valence-electron chi connectivity index (χ2n) is 7.44. The minimum atomic E-state index is -0.277. The molecule has 4 nitrogen and oxygen atoms in total. The van der Waals surface area contributed by atoms with Crippen molar-refractivity contribution in [1.29, 1.82) is 0 Å². The van der Waals surface area contributed by atoms with Crippen LogP contribution < -0.4 is 0 Å². The van der Waals surface area contributed by atoms with Crippen LogP contribution in [0.5, 0.6) is 0 Å². The maximum Gasteiger partial charge on any atom is 0.227 e. The summed E-state index contributed by atoms with van der Waals surface area (Å²) in [7, 11) is 0. The molecule has 0 radical (unpaired) electrons. The van der Waals surface area contributed by atoms with Crippen LogP contribution in [0.3, 0.4) is 0 Å². The third-order valence-electron chi connectivity index (χ3n) is 5.19. The van der Waals surface area contributed by atoms with Crippen LogP contribution >= 0.6 is 0 Å². The number of rotatable bonds is 4. The van der Waals surface area contributed by atoms with Crippen molar-refractivity contribution in [3.63, 3.8) is 0 Å². The van der Waals surface area contributed by atoms with E-state index in [1.54, 1.807) is 18.3 Å². The molecular weight excluding hydrogens is 391 g/mol. The highest BCUT2D eigenvalue weighted by Gasteiger charge is 2.10. The van der Waals surface area contributed by atoms with E-state index in [4.69, 9.17) is 8.83 Å². The first-order valence-electron chi connectivity index (χ1n) is 9.93. The third kappa shape index (κ3) is 3.90. The fourth-order valence-corrected chi connectivity index (χ4v) is 3.35. The van der Waals surface area contributed by atoms with E-state index in [1.807, 2.05) is 48.5 Å². The van der Waals surface area contributed by atoms with E-state index in [2.05, 4.69) is 23.8 Å². The molecule has 0 atom stereocenters. The summed E-state index contributed by atoms with van der Waals surface area (Å²) in [6.45, 7) is 4.12. The fourth-order valence-electron chi connectivity index (χ4n) is 3.35. The molecule has 3 aromatic carbocycles. The highest BCUT2D eigenvalue weighted by Crippen LogP contribution is 2.29. The van der Waals surface area contributed by atoms with Crippen molar-refractivity contribution in [1.82, 2.24) is 4.98 Å². The lowest BCUT2D eigenvalue weighted by Crippen LogP contribution is -1.80. The van der Waals surface area contributed by atoms with Crippen LogP contribution in [0.25, 0.3) is 33.9 Å². The minimum Gasteiger partial charge on any atom is -0.455 e. The van der Waals surface area contributed by atoms with Gasteiger partial charge in [0, 0.05) is 11.1 Å². The molecule has 0 N–H and O–H groups in total. The maximum absolute atomic E-state index is 13.1. The SMILES string of the molecule is Cc1cc2nc(-c3cccc(N=Cc4ccc(-c5ccc(F)cc5)o4)c3)oc2cc1C. The summed E-state index contributed by atoms with van der Waals surface area (Å²) in [5, 5.41) is 0. The van der Waals surface area contributed by atoms with Crippen molar-refractivity contribution < 1.29 is 13.2 Å². The van der Waals surface area contributed by atoms with Crippen LogP contribution in [0.15, 0.2) is 86.6 Å². The molecule has 5 rings (SSSR count). The fraction of sp³-hybridized carbons (Fsp3) is 0.0769. The number of halogens is 1. The zero-order valence-electron chi connectivity index (χ0n) is 17.1. The molecule has 0 bridgehead atoms. The predicted octanol–water partition coefficient (Wildman–Crippen LogP) is 7.26. The topological polar surface area (TPSA) is 51.5 Å². The van der Waals surface area contributed by atoms with Crippen LogP contribution in [-0.2, 0) is 0 Å². The molecule has 0 aliphatic rings. The van der Waals surface area contributed by atoms with Gasteiger partial charge in [-0.25, -0.2) is 9.37 Å². The number of furan rings is 1. The number of oxazole rings is 1. The van der Waals surface area contributed by atoms with Gasteiger partial charge in [-0.3, -0.25) is 4.99 Å². The molecule has 152 valence electrons. The normalized spacial score (nSPS) is 11.6. The van der Waals surface area contributed by atoms with Crippen molar-refractivity contribution in [3.05, 3.63) is 95.5 Å². The van der Waals surface area contributed by atoms with Gasteiger partial charge in [0.1, 0.15) is 22.9 Å². The summed E-state index contributed by atoms with van der Waals surface area (Å²) in [5.74, 6) is 1.56. The molecule has 31 heavy (non-hydrogen) atoms. The summed E-state index contributed by atoms with van der Waals surface area (Å²) in [6.07, 6.45) is 1.66. The summed E-state index contributed by atoms with van der Waals surface area (Å²) in [6, 6.07) is 21.6. The predicted molar refractivity (Wildman–Crippen MR) is 120 cm³/mol. The first-order chi connectivity index (χ1) is 15.0. The van der Waals surface area contributed by atoms with Gasteiger partial charge in [-0.1, -0.05) is 6.07 Å². The highest BCUT2D eigenvalue weighted by molar-refractivity contribution is 5.81. The Morgan fingerprint density at radius 2 is 1.65 bits per heavy atom. The highest BCUT2D eigenvalue weighted by atomic mass is 19.1. The van der Waals surface area contributed by atoms with Crippen molar-refractivity contribution in [2.24, 2.45) is 4.99 Å². The molecule has 5 heteroatoms. The van der Waals surface area contributed by atoms with E-state index in [0.717, 1.165) is 27.9 Å². The number of aliphatic imine (C=N–C) groups is 1. The Labute approximate surface area is 178 Å². The van der Waals surface area contributed by atoms with E-state index >= 15 is 0 Å². The quantitative estimate of drug-likeness (QED) is 0.293. The number of fused-ring (bicyclic) bond motifs is 1. The molecule has 0 saturated carbocycles. The van der Waals surface area contributed by atoms with Gasteiger partial charge in [-0.2, -0.15) is 0 Å². The van der Waals surface area contributed by atoms with Crippen LogP contribution in [0.2, 0.25) is 0 Å². The Hall–Kier alpha value is -3.99. The summed E-state index contributed by atoms with van der Waals surface area (Å²) in [4.78, 5) is 9.14. The molecule has 0 aliphatic carbocycles. The second-order valence-corrected chi connectivity index (χ2v) is 7.44. The average molecular weight is 410 g/mol. The smallest absolute Gasteiger partial charge is 0.227 e. The lowest BCUT2D eigenvalue weighted by atomic mass is 10.1. The Bertz CT molecular complexity index is 1370. The number of aromatic nitrogens is 1. The van der Waals surface area contributed by atoms with E-state index in [1.165, 1.54) is 23.3 Å². The van der Waals surface area contributed by atoms with Gasteiger partial charge < -0.3 is 8.83 Å². The second kappa shape index (κ2) is 7.69. The Morgan fingerprint density at radius 3 is 2.48 bits per heavy atom. The lowest BCUT2D eigenvalue weighted by molar-refractivity contribution is 0.574. The van der Waals surface area contributed by atoms with Gasteiger partial charge in [0.15, 0.2) is 5.58 Å². The lowest BCUT2D eigenvalue weighted by Gasteiger charge is -1.98. The average Bonchev–Trinajstić information content (AvgIpc) is 3.41. The molecule has 5 aromatic rings. The van der Waals surface area contributed by atoms with Crippen molar-refractivity contribution in [2.75, 3.05) is 0 Å². The Balaban J connectivity index is 1.39. The molecule has 2 heterocycles. The van der Waals surface area contributed by atoms with E-state index in [9.17, 15) is 4.39 Å². The molecular formula is C26H19FN2O2.